The molecule has 0 fully saturated rings. The first kappa shape index (κ1) is 12.6. The molecular formula is C14H10Cl2O3. The highest BCUT2D eigenvalue weighted by Crippen LogP contribution is 2.42. The lowest BCUT2D eigenvalue weighted by Gasteiger charge is -2.14. The summed E-state index contributed by atoms with van der Waals surface area (Å²) < 4.78 is 10.5. The molecule has 98 valence electrons. The lowest BCUT2D eigenvalue weighted by atomic mass is 10.0. The molecule has 3 rings (SSSR count). The Labute approximate surface area is 120 Å². The zero-order valence-electron chi connectivity index (χ0n) is 9.77. The van der Waals surface area contributed by atoms with Crippen LogP contribution in [0.15, 0.2) is 36.4 Å². The van der Waals surface area contributed by atoms with Gasteiger partial charge in [0.2, 0.25) is 6.79 Å². The van der Waals surface area contributed by atoms with Gasteiger partial charge in [0, 0.05) is 10.6 Å². The Morgan fingerprint density at radius 3 is 2.63 bits per heavy atom. The predicted octanol–water partition coefficient (Wildman–Crippen LogP) is 3.80. The first-order chi connectivity index (χ1) is 9.16. The van der Waals surface area contributed by atoms with Crippen LogP contribution in [0.2, 0.25) is 10.0 Å². The van der Waals surface area contributed by atoms with Crippen molar-refractivity contribution in [1.82, 2.24) is 0 Å². The Balaban J connectivity index is 2.03. The predicted molar refractivity (Wildman–Crippen MR) is 73.1 cm³/mol. The molecule has 1 aliphatic heterocycles. The van der Waals surface area contributed by atoms with Crippen LogP contribution in [0.3, 0.4) is 0 Å². The van der Waals surface area contributed by atoms with Gasteiger partial charge in [-0.15, -0.1) is 0 Å². The number of fused-ring (bicyclic) bond motifs is 1. The second-order valence-corrected chi connectivity index (χ2v) is 4.97. The molecule has 5 heteroatoms. The van der Waals surface area contributed by atoms with Crippen LogP contribution in [0.4, 0.5) is 0 Å². The quantitative estimate of drug-likeness (QED) is 0.916. The summed E-state index contributed by atoms with van der Waals surface area (Å²) in [5, 5.41) is 11.3. The topological polar surface area (TPSA) is 38.7 Å². The number of benzene rings is 2. The van der Waals surface area contributed by atoms with Crippen molar-refractivity contribution in [1.29, 1.82) is 0 Å². The monoisotopic (exact) mass is 296 g/mol. The highest BCUT2D eigenvalue weighted by atomic mass is 35.5. The highest BCUT2D eigenvalue weighted by Gasteiger charge is 2.22. The molecule has 1 N–H and O–H groups in total. The zero-order chi connectivity index (χ0) is 13.4. The number of rotatable bonds is 2. The number of aliphatic hydroxyl groups is 1. The maximum Gasteiger partial charge on any atom is 0.231 e. The smallest absolute Gasteiger partial charge is 0.231 e. The first-order valence-corrected chi connectivity index (χ1v) is 6.44. The van der Waals surface area contributed by atoms with Crippen LogP contribution in [0.25, 0.3) is 0 Å². The third kappa shape index (κ3) is 2.25. The fourth-order valence-corrected chi connectivity index (χ4v) is 2.53. The molecule has 1 atom stereocenters. The zero-order valence-corrected chi connectivity index (χ0v) is 11.3. The third-order valence-corrected chi connectivity index (χ3v) is 3.59. The van der Waals surface area contributed by atoms with E-state index in [2.05, 4.69) is 0 Å². The van der Waals surface area contributed by atoms with Crippen molar-refractivity contribution in [2.75, 3.05) is 6.79 Å². The second kappa shape index (κ2) is 4.93. The second-order valence-electron chi connectivity index (χ2n) is 4.16. The van der Waals surface area contributed by atoms with Crippen LogP contribution in [0.1, 0.15) is 17.2 Å². The van der Waals surface area contributed by atoms with Crippen LogP contribution >= 0.6 is 23.2 Å². The molecule has 0 amide bonds. The minimum Gasteiger partial charge on any atom is -0.454 e. The molecular weight excluding hydrogens is 287 g/mol. The molecule has 0 bridgehead atoms. The summed E-state index contributed by atoms with van der Waals surface area (Å²) in [7, 11) is 0. The van der Waals surface area contributed by atoms with E-state index in [0.29, 0.717) is 32.7 Å². The Hall–Kier alpha value is -1.42. The Morgan fingerprint density at radius 1 is 1.05 bits per heavy atom. The van der Waals surface area contributed by atoms with E-state index >= 15 is 0 Å². The lowest BCUT2D eigenvalue weighted by molar-refractivity contribution is 0.173. The number of hydrogen-bond donors (Lipinski definition) is 1. The van der Waals surface area contributed by atoms with Gasteiger partial charge in [0.15, 0.2) is 11.5 Å². The van der Waals surface area contributed by atoms with Gasteiger partial charge in [-0.25, -0.2) is 0 Å². The van der Waals surface area contributed by atoms with Gasteiger partial charge in [-0.2, -0.15) is 0 Å². The average molecular weight is 297 g/mol. The molecule has 2 aromatic carbocycles. The van der Waals surface area contributed by atoms with Crippen LogP contribution in [0, 0.1) is 0 Å². The first-order valence-electron chi connectivity index (χ1n) is 5.68. The van der Waals surface area contributed by atoms with Crippen molar-refractivity contribution in [3.8, 4) is 11.5 Å². The van der Waals surface area contributed by atoms with E-state index in [1.54, 1.807) is 24.3 Å². The molecule has 0 spiro atoms. The minimum atomic E-state index is -0.860. The number of aliphatic hydroxyl groups excluding tert-OH is 1. The minimum absolute atomic E-state index is 0.140. The van der Waals surface area contributed by atoms with Gasteiger partial charge in [-0.3, -0.25) is 0 Å². The maximum absolute atomic E-state index is 10.4. The summed E-state index contributed by atoms with van der Waals surface area (Å²) in [5.41, 5.74) is 1.24. The molecule has 1 aliphatic rings. The van der Waals surface area contributed by atoms with Gasteiger partial charge in [0.05, 0.1) is 5.02 Å². The van der Waals surface area contributed by atoms with Crippen molar-refractivity contribution < 1.29 is 14.6 Å². The van der Waals surface area contributed by atoms with Crippen LogP contribution in [-0.4, -0.2) is 11.9 Å². The molecule has 3 nitrogen and oxygen atoms in total. The number of halogens is 2. The van der Waals surface area contributed by atoms with Crippen molar-refractivity contribution in [3.05, 3.63) is 57.6 Å². The van der Waals surface area contributed by atoms with Crippen molar-refractivity contribution >= 4 is 23.2 Å². The lowest BCUT2D eigenvalue weighted by Crippen LogP contribution is -2.00. The van der Waals surface area contributed by atoms with Crippen LogP contribution in [0.5, 0.6) is 11.5 Å². The highest BCUT2D eigenvalue weighted by molar-refractivity contribution is 6.32. The summed E-state index contributed by atoms with van der Waals surface area (Å²) in [6.07, 6.45) is -0.860. The van der Waals surface area contributed by atoms with Crippen molar-refractivity contribution in [2.45, 2.75) is 6.10 Å². The van der Waals surface area contributed by atoms with E-state index in [1.165, 1.54) is 0 Å². The average Bonchev–Trinajstić information content (AvgIpc) is 2.87. The fraction of sp³-hybridized carbons (Fsp3) is 0.143. The van der Waals surface area contributed by atoms with Crippen molar-refractivity contribution in [2.24, 2.45) is 0 Å². The SMILES string of the molecule is OC(c1cc(Cl)c2c(c1)OCO2)c1ccccc1Cl. The molecule has 0 aliphatic carbocycles. The molecule has 0 aromatic heterocycles. The van der Waals surface area contributed by atoms with E-state index < -0.39 is 6.10 Å². The van der Waals surface area contributed by atoms with Crippen LogP contribution in [-0.2, 0) is 0 Å². The Morgan fingerprint density at radius 2 is 1.84 bits per heavy atom. The molecule has 0 radical (unpaired) electrons. The van der Waals surface area contributed by atoms with Crippen LogP contribution < -0.4 is 9.47 Å². The molecule has 2 aromatic rings. The summed E-state index contributed by atoms with van der Waals surface area (Å²) in [5.74, 6) is 1.05. The largest absolute Gasteiger partial charge is 0.454 e. The van der Waals surface area contributed by atoms with Gasteiger partial charge < -0.3 is 14.6 Å². The summed E-state index contributed by atoms with van der Waals surface area (Å²) in [6.45, 7) is 0.140. The van der Waals surface area contributed by atoms with Gasteiger partial charge in [0.1, 0.15) is 6.10 Å². The Bertz CT molecular complexity index is 628. The maximum atomic E-state index is 10.4. The van der Waals surface area contributed by atoms with Crippen molar-refractivity contribution in [3.63, 3.8) is 0 Å². The molecule has 1 unspecified atom stereocenters. The molecule has 0 saturated carbocycles. The summed E-state index contributed by atoms with van der Waals surface area (Å²) >= 11 is 12.2. The molecule has 1 heterocycles. The fourth-order valence-electron chi connectivity index (χ4n) is 2.02. The standard InChI is InChI=1S/C14H10Cl2O3/c15-10-4-2-1-3-9(10)13(17)8-5-11(16)14-12(6-8)18-7-19-14/h1-6,13,17H,7H2. The van der Waals surface area contributed by atoms with Gasteiger partial charge >= 0.3 is 0 Å². The van der Waals surface area contributed by atoms with E-state index in [1.807, 2.05) is 12.1 Å². The van der Waals surface area contributed by atoms with E-state index in [-0.39, 0.29) is 6.79 Å². The van der Waals surface area contributed by atoms with Gasteiger partial charge in [-0.1, -0.05) is 41.4 Å². The Kier molecular flexibility index (Phi) is 3.27. The van der Waals surface area contributed by atoms with Gasteiger partial charge in [0.25, 0.3) is 0 Å². The summed E-state index contributed by atoms with van der Waals surface area (Å²) in [4.78, 5) is 0. The number of hydrogen-bond acceptors (Lipinski definition) is 3. The molecule has 19 heavy (non-hydrogen) atoms. The molecule has 0 saturated heterocycles. The van der Waals surface area contributed by atoms with Gasteiger partial charge in [-0.05, 0) is 23.8 Å². The van der Waals surface area contributed by atoms with E-state index in [9.17, 15) is 5.11 Å². The summed E-state index contributed by atoms with van der Waals surface area (Å²) in [6, 6.07) is 10.5. The third-order valence-electron chi connectivity index (χ3n) is 2.97. The number of ether oxygens (including phenoxy) is 2. The normalized spacial score (nSPS) is 14.5. The van der Waals surface area contributed by atoms with E-state index in [0.717, 1.165) is 0 Å². The van der Waals surface area contributed by atoms with E-state index in [4.69, 9.17) is 32.7 Å².